The minimum atomic E-state index is -0.00673. The molecule has 5 heterocycles. The summed E-state index contributed by atoms with van der Waals surface area (Å²) in [7, 11) is 0. The lowest BCUT2D eigenvalue weighted by atomic mass is 9.91. The number of piperidine rings is 1. The predicted molar refractivity (Wildman–Crippen MR) is 113 cm³/mol. The highest BCUT2D eigenvalue weighted by atomic mass is 35.5. The summed E-state index contributed by atoms with van der Waals surface area (Å²) in [5, 5.41) is 12.3. The van der Waals surface area contributed by atoms with Gasteiger partial charge >= 0.3 is 0 Å². The number of likely N-dealkylation sites (tertiary alicyclic amines) is 1. The first-order valence-corrected chi connectivity index (χ1v) is 10.7. The molecule has 2 aliphatic heterocycles. The third kappa shape index (κ3) is 3.48. The highest BCUT2D eigenvalue weighted by Crippen LogP contribution is 2.36. The van der Waals surface area contributed by atoms with Crippen molar-refractivity contribution < 1.29 is 4.74 Å². The quantitative estimate of drug-likeness (QED) is 0.597. The Kier molecular flexibility index (Phi) is 5.11. The Morgan fingerprint density at radius 3 is 2.97 bits per heavy atom. The van der Waals surface area contributed by atoms with Gasteiger partial charge in [0.25, 0.3) is 0 Å². The lowest BCUT2D eigenvalue weighted by Gasteiger charge is -2.43. The number of halogens is 2. The highest BCUT2D eigenvalue weighted by Gasteiger charge is 2.36. The van der Waals surface area contributed by atoms with Crippen molar-refractivity contribution in [1.82, 2.24) is 29.6 Å². The normalized spacial score (nSPS) is 23.4. The molecule has 2 saturated heterocycles. The largest absolute Gasteiger partial charge is 0.378 e. The topological polar surface area (TPSA) is 83.9 Å². The Bertz CT molecular complexity index is 1020. The van der Waals surface area contributed by atoms with E-state index in [0.717, 1.165) is 61.7 Å². The van der Waals surface area contributed by atoms with Crippen LogP contribution in [0, 0.1) is 0 Å². The van der Waals surface area contributed by atoms with E-state index in [1.807, 2.05) is 17.0 Å². The molecule has 0 spiro atoms. The average molecular weight is 436 g/mol. The summed E-state index contributed by atoms with van der Waals surface area (Å²) in [6, 6.07) is 0.510. The zero-order chi connectivity index (χ0) is 20.0. The number of aromatic nitrogens is 5. The molecule has 29 heavy (non-hydrogen) atoms. The second-order valence-electron chi connectivity index (χ2n) is 7.60. The molecule has 2 N–H and O–H groups in total. The molecule has 10 heteroatoms. The molecule has 5 rings (SSSR count). The second-order valence-corrected chi connectivity index (χ2v) is 8.57. The number of fused-ring (bicyclic) bond motifs is 1. The van der Waals surface area contributed by atoms with Crippen LogP contribution in [0.2, 0.25) is 5.02 Å². The van der Waals surface area contributed by atoms with E-state index >= 15 is 0 Å². The number of hydrogen-bond acceptors (Lipinski definition) is 6. The van der Waals surface area contributed by atoms with Gasteiger partial charge in [0, 0.05) is 37.6 Å². The van der Waals surface area contributed by atoms with E-state index in [1.165, 1.54) is 0 Å². The maximum atomic E-state index is 6.78. The molecule has 8 nitrogen and oxygen atoms in total. The monoisotopic (exact) mass is 435 g/mol. The van der Waals surface area contributed by atoms with E-state index in [9.17, 15) is 0 Å². The van der Waals surface area contributed by atoms with Crippen molar-refractivity contribution in [2.45, 2.75) is 37.2 Å². The van der Waals surface area contributed by atoms with Gasteiger partial charge in [-0.05, 0) is 19.9 Å². The third-order valence-corrected chi connectivity index (χ3v) is 6.63. The van der Waals surface area contributed by atoms with Gasteiger partial charge in [-0.25, -0.2) is 4.98 Å². The van der Waals surface area contributed by atoms with Gasteiger partial charge in [0.05, 0.1) is 46.4 Å². The predicted octanol–water partition coefficient (Wildman–Crippen LogP) is 3.37. The number of alkyl halides is 1. The molecule has 2 atom stereocenters. The van der Waals surface area contributed by atoms with Crippen molar-refractivity contribution >= 4 is 45.9 Å². The van der Waals surface area contributed by atoms with E-state index in [2.05, 4.69) is 37.3 Å². The fourth-order valence-corrected chi connectivity index (χ4v) is 4.81. The molecule has 2 fully saturated rings. The molecule has 2 aliphatic rings. The maximum Gasteiger partial charge on any atom is 0.229 e. The summed E-state index contributed by atoms with van der Waals surface area (Å²) < 4.78 is 7.33. The smallest absolute Gasteiger partial charge is 0.229 e. The van der Waals surface area contributed by atoms with Crippen LogP contribution < -0.4 is 5.32 Å². The zero-order valence-electron chi connectivity index (χ0n) is 16.1. The van der Waals surface area contributed by atoms with E-state index in [-0.39, 0.29) is 11.3 Å². The maximum absolute atomic E-state index is 6.78. The number of hydrogen-bond donors (Lipinski definition) is 2. The number of anilines is 2. The number of ether oxygens (including phenoxy) is 1. The van der Waals surface area contributed by atoms with Crippen molar-refractivity contribution in [3.63, 3.8) is 0 Å². The molecule has 0 saturated carbocycles. The van der Waals surface area contributed by atoms with Crippen molar-refractivity contribution in [3.8, 4) is 0 Å². The van der Waals surface area contributed by atoms with Gasteiger partial charge in [-0.1, -0.05) is 11.6 Å². The number of aryl methyl sites for hydroxylation is 1. The minimum absolute atomic E-state index is 0.00673. The second kappa shape index (κ2) is 7.75. The summed E-state index contributed by atoms with van der Waals surface area (Å²) in [5.41, 5.74) is 2.61. The molecule has 0 aromatic carbocycles. The van der Waals surface area contributed by atoms with Crippen LogP contribution in [0.4, 0.5) is 11.6 Å². The van der Waals surface area contributed by atoms with E-state index < -0.39 is 0 Å². The van der Waals surface area contributed by atoms with Gasteiger partial charge in [0.15, 0.2) is 0 Å². The van der Waals surface area contributed by atoms with Crippen molar-refractivity contribution in [2.75, 3.05) is 31.6 Å². The molecule has 154 valence electrons. The first-order valence-electron chi connectivity index (χ1n) is 9.92. The van der Waals surface area contributed by atoms with E-state index in [0.29, 0.717) is 17.0 Å². The molecule has 3 aromatic heterocycles. The Balaban J connectivity index is 1.36. The van der Waals surface area contributed by atoms with Gasteiger partial charge in [0.1, 0.15) is 5.65 Å². The van der Waals surface area contributed by atoms with Gasteiger partial charge in [-0.3, -0.25) is 10.00 Å². The van der Waals surface area contributed by atoms with Crippen molar-refractivity contribution in [3.05, 3.63) is 29.3 Å². The molecule has 0 radical (unpaired) electrons. The van der Waals surface area contributed by atoms with Crippen LogP contribution in [0.25, 0.3) is 11.0 Å². The van der Waals surface area contributed by atoms with Gasteiger partial charge < -0.3 is 14.6 Å². The summed E-state index contributed by atoms with van der Waals surface area (Å²) >= 11 is 13.1. The lowest BCUT2D eigenvalue weighted by molar-refractivity contribution is -0.0707. The van der Waals surface area contributed by atoms with Crippen LogP contribution in [-0.4, -0.2) is 67.4 Å². The first-order chi connectivity index (χ1) is 14.1. The number of rotatable bonds is 5. The number of nitrogens with zero attached hydrogens (tertiary/aromatic N) is 5. The SMILES string of the molecule is CCn1cc(Cl)c2cnc(Nc3c[nH]nc3C3CCN(C4COC4)C[C@H]3Cl)nc21. The molecular weight excluding hydrogens is 413 g/mol. The Hall–Kier alpha value is -1.87. The highest BCUT2D eigenvalue weighted by molar-refractivity contribution is 6.35. The van der Waals surface area contributed by atoms with Crippen LogP contribution in [0.15, 0.2) is 18.6 Å². The van der Waals surface area contributed by atoms with E-state index in [1.54, 1.807) is 6.20 Å². The summed E-state index contributed by atoms with van der Waals surface area (Å²) in [6.07, 6.45) is 6.43. The van der Waals surface area contributed by atoms with Crippen LogP contribution >= 0.6 is 23.2 Å². The van der Waals surface area contributed by atoms with Crippen molar-refractivity contribution in [2.24, 2.45) is 0 Å². The summed E-state index contributed by atoms with van der Waals surface area (Å²) in [4.78, 5) is 11.5. The number of H-pyrrole nitrogens is 1. The molecule has 0 bridgehead atoms. The van der Waals surface area contributed by atoms with Crippen LogP contribution in [0.1, 0.15) is 25.0 Å². The lowest BCUT2D eigenvalue weighted by Crippen LogP contribution is -2.54. The third-order valence-electron chi connectivity index (χ3n) is 5.89. The minimum Gasteiger partial charge on any atom is -0.378 e. The molecule has 1 unspecified atom stereocenters. The van der Waals surface area contributed by atoms with Crippen LogP contribution in [0.3, 0.4) is 0 Å². The Labute approximate surface area is 178 Å². The zero-order valence-corrected chi connectivity index (χ0v) is 17.6. The number of nitrogens with one attached hydrogen (secondary N) is 2. The van der Waals surface area contributed by atoms with Crippen LogP contribution in [0.5, 0.6) is 0 Å². The van der Waals surface area contributed by atoms with E-state index in [4.69, 9.17) is 27.9 Å². The Morgan fingerprint density at radius 1 is 1.38 bits per heavy atom. The molecule has 0 aliphatic carbocycles. The fraction of sp³-hybridized carbons (Fsp3) is 0.526. The standard InChI is InChI=1S/C19H23Cl2N7O/c1-2-27-7-15(21)13-5-22-19(25-18(13)27)24-16-6-23-26-17(16)12-3-4-28(8-14(12)20)11-9-29-10-11/h5-7,11-12,14H,2-4,8-10H2,1H3,(H,23,26)(H,22,24,25)/t12?,14-/m1/s1. The first kappa shape index (κ1) is 19.1. The molecular formula is C19H23Cl2N7O. The van der Waals surface area contributed by atoms with Gasteiger partial charge in [-0.15, -0.1) is 11.6 Å². The fourth-order valence-electron chi connectivity index (χ4n) is 4.13. The molecule has 3 aromatic rings. The average Bonchev–Trinajstić information content (AvgIpc) is 3.25. The Morgan fingerprint density at radius 2 is 2.24 bits per heavy atom. The van der Waals surface area contributed by atoms with Gasteiger partial charge in [0.2, 0.25) is 5.95 Å². The summed E-state index contributed by atoms with van der Waals surface area (Å²) in [5.74, 6) is 0.681. The number of aromatic amines is 1. The van der Waals surface area contributed by atoms with Gasteiger partial charge in [-0.2, -0.15) is 10.1 Å². The van der Waals surface area contributed by atoms with Crippen LogP contribution in [-0.2, 0) is 11.3 Å². The van der Waals surface area contributed by atoms with Crippen molar-refractivity contribution in [1.29, 1.82) is 0 Å². The summed E-state index contributed by atoms with van der Waals surface area (Å²) in [6.45, 7) is 6.31. The molecule has 0 amide bonds.